The lowest BCUT2D eigenvalue weighted by atomic mass is 10.0. The SMILES string of the molecule is CC1=CCCC(C)=C1.F. The molecular formula is C8H13F. The Morgan fingerprint density at radius 2 is 2.00 bits per heavy atom. The van der Waals surface area contributed by atoms with Crippen molar-refractivity contribution in [2.24, 2.45) is 0 Å². The van der Waals surface area contributed by atoms with Crippen molar-refractivity contribution in [3.05, 3.63) is 23.3 Å². The zero-order valence-corrected chi connectivity index (χ0v) is 5.98. The average Bonchev–Trinajstić information content (AvgIpc) is 1.64. The summed E-state index contributed by atoms with van der Waals surface area (Å²) in [5.74, 6) is 0. The van der Waals surface area contributed by atoms with Crippen molar-refractivity contribution in [2.75, 3.05) is 0 Å². The molecular weight excluding hydrogens is 115 g/mol. The van der Waals surface area contributed by atoms with Crippen LogP contribution in [0.3, 0.4) is 0 Å². The van der Waals surface area contributed by atoms with Gasteiger partial charge in [-0.1, -0.05) is 23.3 Å². The molecule has 1 rings (SSSR count). The first-order chi connectivity index (χ1) is 3.79. The molecule has 0 saturated carbocycles. The molecule has 0 aromatic heterocycles. The highest BCUT2D eigenvalue weighted by atomic mass is 19.0. The third-order valence-corrected chi connectivity index (χ3v) is 1.48. The molecule has 0 N–H and O–H groups in total. The second-order valence-corrected chi connectivity index (χ2v) is 2.48. The van der Waals surface area contributed by atoms with E-state index in [0.29, 0.717) is 0 Å². The molecule has 0 heterocycles. The molecule has 0 spiro atoms. The van der Waals surface area contributed by atoms with E-state index >= 15 is 0 Å². The second kappa shape index (κ2) is 3.44. The molecule has 0 bridgehead atoms. The van der Waals surface area contributed by atoms with Crippen LogP contribution in [0, 0.1) is 0 Å². The molecule has 0 aromatic rings. The molecule has 0 nitrogen and oxygen atoms in total. The van der Waals surface area contributed by atoms with Crippen LogP contribution in [-0.2, 0) is 0 Å². The maximum absolute atomic E-state index is 2.28. The highest BCUT2D eigenvalue weighted by Gasteiger charge is 1.94. The fourth-order valence-electron chi connectivity index (χ4n) is 1.05. The summed E-state index contributed by atoms with van der Waals surface area (Å²) >= 11 is 0. The summed E-state index contributed by atoms with van der Waals surface area (Å²) in [6.07, 6.45) is 7.04. The topological polar surface area (TPSA) is 0 Å². The number of hydrogen-bond donors (Lipinski definition) is 0. The first-order valence-corrected chi connectivity index (χ1v) is 3.13. The van der Waals surface area contributed by atoms with Crippen LogP contribution in [0.1, 0.15) is 26.7 Å². The van der Waals surface area contributed by atoms with Gasteiger partial charge in [0.25, 0.3) is 0 Å². The Morgan fingerprint density at radius 1 is 1.33 bits per heavy atom. The van der Waals surface area contributed by atoms with E-state index < -0.39 is 0 Å². The van der Waals surface area contributed by atoms with Gasteiger partial charge in [0.2, 0.25) is 0 Å². The van der Waals surface area contributed by atoms with Gasteiger partial charge >= 0.3 is 0 Å². The lowest BCUT2D eigenvalue weighted by Crippen LogP contribution is -1.84. The van der Waals surface area contributed by atoms with Gasteiger partial charge in [0.1, 0.15) is 0 Å². The Morgan fingerprint density at radius 3 is 2.33 bits per heavy atom. The van der Waals surface area contributed by atoms with Gasteiger partial charge in [-0.15, -0.1) is 0 Å². The number of rotatable bonds is 0. The Labute approximate surface area is 55.6 Å². The van der Waals surface area contributed by atoms with Gasteiger partial charge < -0.3 is 0 Å². The van der Waals surface area contributed by atoms with Crippen molar-refractivity contribution in [2.45, 2.75) is 26.7 Å². The van der Waals surface area contributed by atoms with Crippen LogP contribution in [0.2, 0.25) is 0 Å². The van der Waals surface area contributed by atoms with Crippen molar-refractivity contribution in [1.29, 1.82) is 0 Å². The predicted octanol–water partition coefficient (Wildman–Crippen LogP) is 2.83. The molecule has 0 aliphatic heterocycles. The third kappa shape index (κ3) is 2.45. The van der Waals surface area contributed by atoms with Crippen molar-refractivity contribution in [3.63, 3.8) is 0 Å². The van der Waals surface area contributed by atoms with Gasteiger partial charge in [-0.05, 0) is 26.7 Å². The van der Waals surface area contributed by atoms with Crippen LogP contribution < -0.4 is 0 Å². The fraction of sp³-hybridized carbons (Fsp3) is 0.500. The fourth-order valence-corrected chi connectivity index (χ4v) is 1.05. The van der Waals surface area contributed by atoms with Crippen LogP contribution in [-0.4, -0.2) is 0 Å². The summed E-state index contributed by atoms with van der Waals surface area (Å²) in [4.78, 5) is 0. The van der Waals surface area contributed by atoms with Crippen LogP contribution in [0.15, 0.2) is 23.3 Å². The van der Waals surface area contributed by atoms with Crippen molar-refractivity contribution in [1.82, 2.24) is 0 Å². The first kappa shape index (κ1) is 8.41. The molecule has 0 amide bonds. The summed E-state index contributed by atoms with van der Waals surface area (Å²) in [5.41, 5.74) is 2.94. The Balaban J connectivity index is 0.000000640. The normalized spacial score (nSPS) is 17.6. The van der Waals surface area contributed by atoms with E-state index in [4.69, 9.17) is 0 Å². The summed E-state index contributed by atoms with van der Waals surface area (Å²) in [5, 5.41) is 0. The first-order valence-electron chi connectivity index (χ1n) is 3.13. The van der Waals surface area contributed by atoms with E-state index in [2.05, 4.69) is 26.0 Å². The van der Waals surface area contributed by atoms with Crippen LogP contribution in [0.4, 0.5) is 4.70 Å². The minimum atomic E-state index is 0. The highest BCUT2D eigenvalue weighted by molar-refractivity contribution is 5.24. The van der Waals surface area contributed by atoms with Gasteiger partial charge in [0.05, 0.1) is 0 Å². The smallest absolute Gasteiger partial charge is 0.0285 e. The van der Waals surface area contributed by atoms with Crippen molar-refractivity contribution < 1.29 is 4.70 Å². The van der Waals surface area contributed by atoms with E-state index in [1.54, 1.807) is 0 Å². The van der Waals surface area contributed by atoms with Gasteiger partial charge in [0.15, 0.2) is 0 Å². The van der Waals surface area contributed by atoms with Crippen molar-refractivity contribution >= 4 is 0 Å². The van der Waals surface area contributed by atoms with Crippen LogP contribution in [0.5, 0.6) is 0 Å². The lowest BCUT2D eigenvalue weighted by molar-refractivity contribution is 0.945. The molecule has 0 saturated heterocycles. The summed E-state index contributed by atoms with van der Waals surface area (Å²) < 4.78 is 0. The van der Waals surface area contributed by atoms with Gasteiger partial charge in [0, 0.05) is 0 Å². The van der Waals surface area contributed by atoms with Gasteiger partial charge in [-0.2, -0.15) is 0 Å². The Hall–Kier alpha value is -0.590. The maximum atomic E-state index is 2.28. The highest BCUT2D eigenvalue weighted by Crippen LogP contribution is 2.14. The molecule has 1 heteroatoms. The Kier molecular flexibility index (Phi) is 3.21. The minimum absolute atomic E-state index is 0. The number of hydrogen-bond acceptors (Lipinski definition) is 0. The van der Waals surface area contributed by atoms with Crippen molar-refractivity contribution in [3.8, 4) is 0 Å². The molecule has 0 fully saturated rings. The predicted molar refractivity (Wildman–Crippen MR) is 39.3 cm³/mol. The zero-order valence-electron chi connectivity index (χ0n) is 5.98. The van der Waals surface area contributed by atoms with E-state index in [1.807, 2.05) is 0 Å². The second-order valence-electron chi connectivity index (χ2n) is 2.48. The van der Waals surface area contributed by atoms with Crippen LogP contribution in [0.25, 0.3) is 0 Å². The number of halogens is 1. The minimum Gasteiger partial charge on any atom is -0.269 e. The summed E-state index contributed by atoms with van der Waals surface area (Å²) in [6, 6.07) is 0. The molecule has 0 unspecified atom stereocenters. The monoisotopic (exact) mass is 128 g/mol. The lowest BCUT2D eigenvalue weighted by Gasteiger charge is -2.04. The molecule has 1 aliphatic rings. The quantitative estimate of drug-likeness (QED) is 0.470. The van der Waals surface area contributed by atoms with Gasteiger partial charge in [-0.25, -0.2) is 0 Å². The molecule has 0 radical (unpaired) electrons. The molecule has 0 aromatic carbocycles. The van der Waals surface area contributed by atoms with E-state index in [-0.39, 0.29) is 4.70 Å². The van der Waals surface area contributed by atoms with Crippen LogP contribution >= 0.6 is 0 Å². The average molecular weight is 128 g/mol. The van der Waals surface area contributed by atoms with E-state index in [9.17, 15) is 0 Å². The Bertz CT molecular complexity index is 143. The standard InChI is InChI=1S/C8H12.FH/c1-7-4-3-5-8(2)6-7;/h4,6H,3,5H2,1-2H3;1H. The molecule has 9 heavy (non-hydrogen) atoms. The summed E-state index contributed by atoms with van der Waals surface area (Å²) in [7, 11) is 0. The van der Waals surface area contributed by atoms with E-state index in [1.165, 1.54) is 24.0 Å². The zero-order chi connectivity index (χ0) is 5.98. The molecule has 52 valence electrons. The summed E-state index contributed by atoms with van der Waals surface area (Å²) in [6.45, 7) is 4.35. The largest absolute Gasteiger partial charge is 0.269 e. The maximum Gasteiger partial charge on any atom is -0.0285 e. The molecule has 0 atom stereocenters. The third-order valence-electron chi connectivity index (χ3n) is 1.48. The number of allylic oxidation sites excluding steroid dienone is 4. The van der Waals surface area contributed by atoms with E-state index in [0.717, 1.165) is 0 Å². The molecule has 1 aliphatic carbocycles. The van der Waals surface area contributed by atoms with Gasteiger partial charge in [-0.3, -0.25) is 4.70 Å².